The molecule has 0 aliphatic heterocycles. The van der Waals surface area contributed by atoms with Crippen molar-refractivity contribution in [1.29, 1.82) is 0 Å². The van der Waals surface area contributed by atoms with E-state index in [1.165, 1.54) is 18.4 Å². The summed E-state index contributed by atoms with van der Waals surface area (Å²) in [5.41, 5.74) is 1.63. The Morgan fingerprint density at radius 2 is 1.77 bits per heavy atom. The number of aliphatic hydroxyl groups excluding tert-OH is 1. The minimum atomic E-state index is 0.0562. The fourth-order valence-electron chi connectivity index (χ4n) is 2.47. The monoisotopic (exact) mass is 308 g/mol. The van der Waals surface area contributed by atoms with Crippen molar-refractivity contribution < 1.29 is 14.6 Å². The van der Waals surface area contributed by atoms with Crippen molar-refractivity contribution in [3.63, 3.8) is 0 Å². The summed E-state index contributed by atoms with van der Waals surface area (Å²) in [5.74, 6) is 1.62. The molecular formula is C19H32O3. The van der Waals surface area contributed by atoms with E-state index in [1.807, 2.05) is 12.1 Å². The molecule has 1 aromatic rings. The van der Waals surface area contributed by atoms with Crippen LogP contribution in [0.3, 0.4) is 0 Å². The number of benzene rings is 1. The summed E-state index contributed by atoms with van der Waals surface area (Å²) in [6.07, 6.45) is 3.62. The van der Waals surface area contributed by atoms with Crippen molar-refractivity contribution in [1.82, 2.24) is 0 Å². The van der Waals surface area contributed by atoms with Crippen molar-refractivity contribution in [3.05, 3.63) is 29.8 Å². The lowest BCUT2D eigenvalue weighted by Crippen LogP contribution is -2.21. The normalized spacial score (nSPS) is 14.1. The van der Waals surface area contributed by atoms with Gasteiger partial charge in [0.1, 0.15) is 12.4 Å². The van der Waals surface area contributed by atoms with Gasteiger partial charge in [0.2, 0.25) is 0 Å². The molecule has 0 aromatic heterocycles. The van der Waals surface area contributed by atoms with Crippen LogP contribution in [0.2, 0.25) is 0 Å². The maximum atomic E-state index is 8.62. The highest BCUT2D eigenvalue weighted by Gasteiger charge is 2.24. The van der Waals surface area contributed by atoms with E-state index in [0.717, 1.165) is 18.1 Å². The van der Waals surface area contributed by atoms with Gasteiger partial charge in [-0.25, -0.2) is 0 Å². The van der Waals surface area contributed by atoms with Crippen LogP contribution in [0.1, 0.15) is 52.5 Å². The second-order valence-corrected chi connectivity index (χ2v) is 6.56. The van der Waals surface area contributed by atoms with Crippen molar-refractivity contribution in [2.75, 3.05) is 26.4 Å². The third-order valence-corrected chi connectivity index (χ3v) is 4.34. The van der Waals surface area contributed by atoms with Gasteiger partial charge in [-0.3, -0.25) is 0 Å². The second kappa shape index (κ2) is 9.86. The molecule has 126 valence electrons. The highest BCUT2D eigenvalue weighted by Crippen LogP contribution is 2.34. The Balaban J connectivity index is 2.54. The summed E-state index contributed by atoms with van der Waals surface area (Å²) in [5, 5.41) is 8.62. The predicted octanol–water partition coefficient (Wildman–Crippen LogP) is 4.18. The molecule has 0 aliphatic rings. The van der Waals surface area contributed by atoms with E-state index in [-0.39, 0.29) is 12.0 Å². The molecule has 0 spiro atoms. The van der Waals surface area contributed by atoms with E-state index in [4.69, 9.17) is 14.6 Å². The van der Waals surface area contributed by atoms with Crippen LogP contribution in [0, 0.1) is 5.92 Å². The number of ether oxygens (including phenoxy) is 2. The van der Waals surface area contributed by atoms with E-state index in [9.17, 15) is 0 Å². The van der Waals surface area contributed by atoms with E-state index < -0.39 is 0 Å². The van der Waals surface area contributed by atoms with Crippen LogP contribution >= 0.6 is 0 Å². The van der Waals surface area contributed by atoms with Crippen LogP contribution in [0.25, 0.3) is 0 Å². The highest BCUT2D eigenvalue weighted by atomic mass is 16.5. The minimum Gasteiger partial charge on any atom is -0.491 e. The lowest BCUT2D eigenvalue weighted by molar-refractivity contribution is 0.0705. The van der Waals surface area contributed by atoms with Crippen LogP contribution in [-0.4, -0.2) is 31.5 Å². The molecule has 1 atom stereocenters. The second-order valence-electron chi connectivity index (χ2n) is 6.56. The zero-order chi connectivity index (χ0) is 16.4. The Labute approximate surface area is 135 Å². The first-order valence-corrected chi connectivity index (χ1v) is 8.43. The summed E-state index contributed by atoms with van der Waals surface area (Å²) < 4.78 is 10.8. The first-order chi connectivity index (χ1) is 10.5. The zero-order valence-electron chi connectivity index (χ0n) is 14.6. The van der Waals surface area contributed by atoms with Gasteiger partial charge in [0.05, 0.1) is 19.8 Å². The van der Waals surface area contributed by atoms with E-state index in [0.29, 0.717) is 19.8 Å². The molecule has 3 heteroatoms. The van der Waals surface area contributed by atoms with Gasteiger partial charge < -0.3 is 14.6 Å². The standard InChI is InChI=1S/C19H32O3/c1-5-19(4,11-10-16(2)3)17-6-8-18(9-7-17)22-15-14-21-13-12-20/h6-9,16,20H,5,10-15H2,1-4H3/t19-/m1/s1. The van der Waals surface area contributed by atoms with Crippen LogP contribution in [-0.2, 0) is 10.2 Å². The molecule has 0 unspecified atom stereocenters. The molecule has 1 N–H and O–H groups in total. The van der Waals surface area contributed by atoms with E-state index in [2.05, 4.69) is 39.8 Å². The third kappa shape index (κ3) is 6.37. The lowest BCUT2D eigenvalue weighted by atomic mass is 9.75. The van der Waals surface area contributed by atoms with Crippen LogP contribution < -0.4 is 4.74 Å². The van der Waals surface area contributed by atoms with Crippen molar-refractivity contribution in [2.24, 2.45) is 5.92 Å². The number of hydrogen-bond donors (Lipinski definition) is 1. The predicted molar refractivity (Wildman–Crippen MR) is 91.6 cm³/mol. The first-order valence-electron chi connectivity index (χ1n) is 8.43. The molecule has 3 nitrogen and oxygen atoms in total. The Hall–Kier alpha value is -1.06. The van der Waals surface area contributed by atoms with E-state index >= 15 is 0 Å². The number of rotatable bonds is 11. The van der Waals surface area contributed by atoms with Crippen LogP contribution in [0.5, 0.6) is 5.75 Å². The molecule has 0 aliphatic carbocycles. The Morgan fingerprint density at radius 1 is 1.09 bits per heavy atom. The van der Waals surface area contributed by atoms with Gasteiger partial charge in [-0.15, -0.1) is 0 Å². The Bertz CT molecular complexity index is 400. The average molecular weight is 308 g/mol. The molecule has 1 rings (SSSR count). The third-order valence-electron chi connectivity index (χ3n) is 4.34. The minimum absolute atomic E-state index is 0.0562. The van der Waals surface area contributed by atoms with Gasteiger partial charge in [-0.2, -0.15) is 0 Å². The topological polar surface area (TPSA) is 38.7 Å². The molecule has 0 saturated heterocycles. The summed E-state index contributed by atoms with van der Waals surface area (Å²) >= 11 is 0. The average Bonchev–Trinajstić information content (AvgIpc) is 2.53. The van der Waals surface area contributed by atoms with Crippen molar-refractivity contribution in [3.8, 4) is 5.75 Å². The Morgan fingerprint density at radius 3 is 2.32 bits per heavy atom. The lowest BCUT2D eigenvalue weighted by Gasteiger charge is -2.30. The highest BCUT2D eigenvalue weighted by molar-refractivity contribution is 5.32. The molecule has 1 aromatic carbocycles. The molecule has 0 amide bonds. The Kier molecular flexibility index (Phi) is 8.51. The fraction of sp³-hybridized carbons (Fsp3) is 0.684. The van der Waals surface area contributed by atoms with Gasteiger partial charge in [-0.05, 0) is 41.9 Å². The van der Waals surface area contributed by atoms with Crippen LogP contribution in [0.4, 0.5) is 0 Å². The van der Waals surface area contributed by atoms with Gasteiger partial charge >= 0.3 is 0 Å². The number of hydrogen-bond acceptors (Lipinski definition) is 3. The van der Waals surface area contributed by atoms with Crippen molar-refractivity contribution >= 4 is 0 Å². The van der Waals surface area contributed by atoms with Gasteiger partial charge in [0.15, 0.2) is 0 Å². The van der Waals surface area contributed by atoms with Gasteiger partial charge in [0.25, 0.3) is 0 Å². The largest absolute Gasteiger partial charge is 0.491 e. The molecule has 0 heterocycles. The molecule has 0 bridgehead atoms. The fourth-order valence-corrected chi connectivity index (χ4v) is 2.47. The SMILES string of the molecule is CC[C@](C)(CCC(C)C)c1ccc(OCCOCCO)cc1. The van der Waals surface area contributed by atoms with Crippen molar-refractivity contribution in [2.45, 2.75) is 52.4 Å². The maximum Gasteiger partial charge on any atom is 0.119 e. The molecule has 0 fully saturated rings. The first kappa shape index (κ1) is 19.0. The molecular weight excluding hydrogens is 276 g/mol. The molecule has 0 radical (unpaired) electrons. The quantitative estimate of drug-likeness (QED) is 0.623. The maximum absolute atomic E-state index is 8.62. The number of aliphatic hydroxyl groups is 1. The van der Waals surface area contributed by atoms with E-state index in [1.54, 1.807) is 0 Å². The molecule has 0 saturated carbocycles. The summed E-state index contributed by atoms with van der Waals surface area (Å²) in [7, 11) is 0. The summed E-state index contributed by atoms with van der Waals surface area (Å²) in [4.78, 5) is 0. The molecule has 22 heavy (non-hydrogen) atoms. The smallest absolute Gasteiger partial charge is 0.119 e. The zero-order valence-corrected chi connectivity index (χ0v) is 14.6. The summed E-state index contributed by atoms with van der Waals surface area (Å²) in [6.45, 7) is 10.6. The van der Waals surface area contributed by atoms with Gasteiger partial charge in [-0.1, -0.05) is 46.2 Å². The van der Waals surface area contributed by atoms with Crippen LogP contribution in [0.15, 0.2) is 24.3 Å². The summed E-state index contributed by atoms with van der Waals surface area (Å²) in [6, 6.07) is 8.47. The van der Waals surface area contributed by atoms with Gasteiger partial charge in [0, 0.05) is 0 Å².